The van der Waals surface area contributed by atoms with E-state index in [0.717, 1.165) is 6.07 Å². The monoisotopic (exact) mass is 516 g/mol. The predicted molar refractivity (Wildman–Crippen MR) is 131 cm³/mol. The van der Waals surface area contributed by atoms with Crippen molar-refractivity contribution in [2.45, 2.75) is 6.18 Å². The molecular weight excluding hydrogens is 501 g/mol. The summed E-state index contributed by atoms with van der Waals surface area (Å²) in [6.45, 7) is 0. The van der Waals surface area contributed by atoms with Crippen LogP contribution < -0.4 is 10.5 Å². The van der Waals surface area contributed by atoms with E-state index in [1.165, 1.54) is 35.0 Å². The molecule has 0 aliphatic rings. The third-order valence-corrected chi connectivity index (χ3v) is 5.31. The van der Waals surface area contributed by atoms with E-state index in [1.807, 2.05) is 12.1 Å². The van der Waals surface area contributed by atoms with E-state index < -0.39 is 22.4 Å². The molecule has 0 bridgehead atoms. The van der Waals surface area contributed by atoms with Crippen LogP contribution in [0.5, 0.6) is 11.5 Å². The molecule has 0 radical (unpaired) electrons. The first-order chi connectivity index (χ1) is 18.1. The van der Waals surface area contributed by atoms with Crippen molar-refractivity contribution < 1.29 is 22.8 Å². The van der Waals surface area contributed by atoms with Gasteiger partial charge in [-0.2, -0.15) is 28.8 Å². The fourth-order valence-electron chi connectivity index (χ4n) is 3.50. The average Bonchev–Trinajstić information content (AvgIpc) is 3.24. The second kappa shape index (κ2) is 10.2. The number of rotatable bonds is 6. The number of hydrogen-bond donors (Lipinski definition) is 1. The van der Waals surface area contributed by atoms with Gasteiger partial charge in [0.2, 0.25) is 5.75 Å². The summed E-state index contributed by atoms with van der Waals surface area (Å²) in [6.07, 6.45) is -3.29. The Bertz CT molecular complexity index is 1630. The van der Waals surface area contributed by atoms with Crippen molar-refractivity contribution in [1.29, 1.82) is 10.5 Å². The summed E-state index contributed by atoms with van der Waals surface area (Å²) in [6, 6.07) is 20.6. The van der Waals surface area contributed by atoms with Crippen LogP contribution in [0.1, 0.15) is 22.4 Å². The van der Waals surface area contributed by atoms with Crippen molar-refractivity contribution in [2.75, 3.05) is 5.73 Å². The van der Waals surface area contributed by atoms with Gasteiger partial charge in [0.25, 0.3) is 0 Å². The molecule has 9 nitrogen and oxygen atoms in total. The molecule has 0 aliphatic carbocycles. The van der Waals surface area contributed by atoms with Gasteiger partial charge < -0.3 is 10.5 Å². The fraction of sp³-hybridized carbons (Fsp3) is 0.0385. The Labute approximate surface area is 213 Å². The minimum absolute atomic E-state index is 0.0243. The van der Waals surface area contributed by atoms with Crippen molar-refractivity contribution in [1.82, 2.24) is 9.78 Å². The quantitative estimate of drug-likeness (QED) is 0.185. The Morgan fingerprint density at radius 1 is 1.08 bits per heavy atom. The molecule has 1 heterocycles. The highest BCUT2D eigenvalue weighted by Gasteiger charge is 2.33. The number of benzene rings is 3. The third-order valence-electron chi connectivity index (χ3n) is 5.31. The number of halogens is 3. The molecule has 4 aromatic rings. The van der Waals surface area contributed by atoms with Gasteiger partial charge in [-0.1, -0.05) is 30.3 Å². The van der Waals surface area contributed by atoms with Gasteiger partial charge in [-0.15, -0.1) is 0 Å². The predicted octanol–water partition coefficient (Wildman–Crippen LogP) is 6.11. The topological polar surface area (TPSA) is 144 Å². The van der Waals surface area contributed by atoms with Crippen molar-refractivity contribution >= 4 is 23.2 Å². The van der Waals surface area contributed by atoms with Crippen LogP contribution in [-0.2, 0) is 6.18 Å². The summed E-state index contributed by atoms with van der Waals surface area (Å²) in [5.74, 6) is -0.194. The number of nitro benzene ring substituents is 1. The Hall–Kier alpha value is -5.62. The highest BCUT2D eigenvalue weighted by molar-refractivity contribution is 5.91. The van der Waals surface area contributed by atoms with Gasteiger partial charge in [-0.3, -0.25) is 10.1 Å². The molecular formula is C26H15F3N6O3. The summed E-state index contributed by atoms with van der Waals surface area (Å²) in [5, 5.41) is 35.0. The molecule has 0 fully saturated rings. The van der Waals surface area contributed by atoms with E-state index in [1.54, 1.807) is 30.3 Å². The van der Waals surface area contributed by atoms with Crippen molar-refractivity contribution in [3.05, 3.63) is 105 Å². The molecule has 12 heteroatoms. The second-order valence-corrected chi connectivity index (χ2v) is 7.75. The number of nitro groups is 1. The van der Waals surface area contributed by atoms with Gasteiger partial charge in [0.05, 0.1) is 21.7 Å². The van der Waals surface area contributed by atoms with Gasteiger partial charge in [-0.05, 0) is 48.0 Å². The first-order valence-electron chi connectivity index (χ1n) is 10.7. The van der Waals surface area contributed by atoms with Gasteiger partial charge in [0, 0.05) is 6.07 Å². The largest absolute Gasteiger partial charge is 0.450 e. The summed E-state index contributed by atoms with van der Waals surface area (Å²) in [4.78, 5) is 10.3. The molecule has 2 N–H and O–H groups in total. The minimum atomic E-state index is -4.75. The van der Waals surface area contributed by atoms with E-state index in [4.69, 9.17) is 10.5 Å². The van der Waals surface area contributed by atoms with E-state index in [-0.39, 0.29) is 34.1 Å². The Morgan fingerprint density at radius 2 is 1.76 bits per heavy atom. The zero-order valence-corrected chi connectivity index (χ0v) is 19.2. The summed E-state index contributed by atoms with van der Waals surface area (Å²) < 4.78 is 45.6. The molecule has 0 spiro atoms. The molecule has 0 saturated carbocycles. The Balaban J connectivity index is 1.64. The zero-order valence-electron chi connectivity index (χ0n) is 19.2. The number of allylic oxidation sites excluding steroid dienone is 1. The number of nitrogen functional groups attached to an aromatic ring is 1. The van der Waals surface area contributed by atoms with Crippen molar-refractivity contribution in [3.63, 3.8) is 0 Å². The van der Waals surface area contributed by atoms with Crippen LogP contribution in [0.2, 0.25) is 0 Å². The first kappa shape index (κ1) is 25.5. The van der Waals surface area contributed by atoms with Crippen molar-refractivity contribution in [2.24, 2.45) is 0 Å². The highest BCUT2D eigenvalue weighted by Crippen LogP contribution is 2.38. The number of nitrogens with two attached hydrogens (primary N) is 1. The normalized spacial score (nSPS) is 11.4. The number of para-hydroxylation sites is 1. The zero-order chi connectivity index (χ0) is 27.4. The summed E-state index contributed by atoms with van der Waals surface area (Å²) in [7, 11) is 0. The summed E-state index contributed by atoms with van der Waals surface area (Å²) >= 11 is 0. The standard InChI is InChI=1S/C26H15F3N6O3/c27-26(28,29)18-8-11-23(22(13-18)35(36)37)38-20-9-6-16(7-10-20)12-17(14-30)24-21(15-31)25(32)34(33-24)19-4-2-1-3-5-19/h1-13H,32H2. The number of anilines is 1. The first-order valence-corrected chi connectivity index (χ1v) is 10.7. The molecule has 0 amide bonds. The molecule has 4 rings (SSSR count). The number of nitrogens with zero attached hydrogens (tertiary/aromatic N) is 5. The van der Waals surface area contributed by atoms with Gasteiger partial charge in [-0.25, -0.2) is 4.68 Å². The Kier molecular flexibility index (Phi) is 6.81. The second-order valence-electron chi connectivity index (χ2n) is 7.75. The molecule has 0 atom stereocenters. The van der Waals surface area contributed by atoms with Crippen LogP contribution in [0.25, 0.3) is 17.3 Å². The third kappa shape index (κ3) is 5.15. The average molecular weight is 516 g/mol. The number of alkyl halides is 3. The number of ether oxygens (including phenoxy) is 1. The van der Waals surface area contributed by atoms with Gasteiger partial charge in [0.1, 0.15) is 35.0 Å². The molecule has 3 aromatic carbocycles. The molecule has 0 saturated heterocycles. The maximum Gasteiger partial charge on any atom is 0.416 e. The van der Waals surface area contributed by atoms with Crippen LogP contribution >= 0.6 is 0 Å². The van der Waals surface area contributed by atoms with Gasteiger partial charge in [0.15, 0.2) is 0 Å². The molecule has 1 aromatic heterocycles. The Morgan fingerprint density at radius 3 is 2.34 bits per heavy atom. The maximum atomic E-state index is 12.9. The van der Waals surface area contributed by atoms with Gasteiger partial charge >= 0.3 is 11.9 Å². The van der Waals surface area contributed by atoms with Crippen LogP contribution in [0, 0.1) is 32.8 Å². The van der Waals surface area contributed by atoms with Crippen LogP contribution in [-0.4, -0.2) is 14.7 Å². The van der Waals surface area contributed by atoms with Crippen molar-refractivity contribution in [3.8, 4) is 29.3 Å². The van der Waals surface area contributed by atoms with Crippen LogP contribution in [0.15, 0.2) is 72.8 Å². The van der Waals surface area contributed by atoms with E-state index in [0.29, 0.717) is 23.4 Å². The lowest BCUT2D eigenvalue weighted by molar-refractivity contribution is -0.385. The smallest absolute Gasteiger partial charge is 0.416 e. The SMILES string of the molecule is N#CC(=Cc1ccc(Oc2ccc(C(F)(F)F)cc2[N+](=O)[O-])cc1)c1nn(-c2ccccc2)c(N)c1C#N. The lowest BCUT2D eigenvalue weighted by atomic mass is 10.1. The lowest BCUT2D eigenvalue weighted by Gasteiger charge is -2.10. The minimum Gasteiger partial charge on any atom is -0.450 e. The number of hydrogen-bond acceptors (Lipinski definition) is 7. The van der Waals surface area contributed by atoms with E-state index in [2.05, 4.69) is 5.10 Å². The van der Waals surface area contributed by atoms with E-state index in [9.17, 15) is 33.8 Å². The molecule has 188 valence electrons. The molecule has 38 heavy (non-hydrogen) atoms. The van der Waals surface area contributed by atoms with Crippen LogP contribution in [0.4, 0.5) is 24.7 Å². The highest BCUT2D eigenvalue weighted by atomic mass is 19.4. The molecule has 0 unspecified atom stereocenters. The van der Waals surface area contributed by atoms with Crippen LogP contribution in [0.3, 0.4) is 0 Å². The number of aromatic nitrogens is 2. The number of nitriles is 2. The molecule has 0 aliphatic heterocycles. The lowest BCUT2D eigenvalue weighted by Crippen LogP contribution is -2.06. The fourth-order valence-corrected chi connectivity index (χ4v) is 3.50. The maximum absolute atomic E-state index is 12.9. The summed E-state index contributed by atoms with van der Waals surface area (Å²) in [5.41, 5.74) is 5.34. The van der Waals surface area contributed by atoms with E-state index >= 15 is 0 Å².